The molecule has 0 bridgehead atoms. The number of hydrogen-bond acceptors (Lipinski definition) is 5. The highest BCUT2D eigenvalue weighted by Gasteiger charge is 2.27. The van der Waals surface area contributed by atoms with Crippen molar-refractivity contribution in [2.75, 3.05) is 18.1 Å². The Morgan fingerprint density at radius 3 is 2.95 bits per heavy atom. The highest BCUT2D eigenvalue weighted by Crippen LogP contribution is 2.17. The predicted octanol–water partition coefficient (Wildman–Crippen LogP) is -0.0178. The molecule has 8 heteroatoms. The van der Waals surface area contributed by atoms with Gasteiger partial charge in [0.2, 0.25) is 5.91 Å². The van der Waals surface area contributed by atoms with Crippen LogP contribution in [0.2, 0.25) is 0 Å². The minimum atomic E-state index is -2.90. The Balaban J connectivity index is 1.57. The minimum absolute atomic E-state index is 0.0199. The van der Waals surface area contributed by atoms with E-state index in [1.54, 1.807) is 0 Å². The van der Waals surface area contributed by atoms with Crippen LogP contribution in [0.25, 0.3) is 11.0 Å². The molecule has 0 aliphatic carbocycles. The first kappa shape index (κ1) is 14.0. The molecule has 1 aliphatic rings. The second-order valence-corrected chi connectivity index (χ2v) is 7.54. The van der Waals surface area contributed by atoms with Gasteiger partial charge in [0.05, 0.1) is 17.0 Å². The molecule has 1 atom stereocenters. The van der Waals surface area contributed by atoms with Gasteiger partial charge in [0, 0.05) is 6.54 Å². The number of sulfone groups is 1. The molecule has 21 heavy (non-hydrogen) atoms. The summed E-state index contributed by atoms with van der Waals surface area (Å²) >= 11 is 0. The van der Waals surface area contributed by atoms with Gasteiger partial charge < -0.3 is 5.32 Å². The number of fused-ring (bicyclic) bond motifs is 1. The van der Waals surface area contributed by atoms with Crippen LogP contribution in [0.1, 0.15) is 6.42 Å². The number of nitrogens with zero attached hydrogens (tertiary/aromatic N) is 3. The Morgan fingerprint density at radius 1 is 1.38 bits per heavy atom. The Labute approximate surface area is 122 Å². The lowest BCUT2D eigenvalue weighted by Crippen LogP contribution is -2.32. The molecule has 1 unspecified atom stereocenters. The average molecular weight is 308 g/mol. The maximum atomic E-state index is 11.9. The van der Waals surface area contributed by atoms with Crippen molar-refractivity contribution in [2.45, 2.75) is 13.0 Å². The topological polar surface area (TPSA) is 93.9 Å². The molecule has 3 rings (SSSR count). The molecule has 0 spiro atoms. The summed E-state index contributed by atoms with van der Waals surface area (Å²) in [4.78, 5) is 11.9. The first-order valence-electron chi connectivity index (χ1n) is 6.79. The number of amides is 1. The third kappa shape index (κ3) is 3.21. The zero-order valence-electron chi connectivity index (χ0n) is 11.4. The van der Waals surface area contributed by atoms with Crippen LogP contribution in [0.3, 0.4) is 0 Å². The summed E-state index contributed by atoms with van der Waals surface area (Å²) in [6.45, 7) is 0.477. The monoisotopic (exact) mass is 308 g/mol. The Bertz CT molecular complexity index is 769. The number of rotatable bonds is 4. The van der Waals surface area contributed by atoms with Crippen molar-refractivity contribution >= 4 is 26.8 Å². The van der Waals surface area contributed by atoms with Crippen LogP contribution in [-0.4, -0.2) is 47.4 Å². The second-order valence-electron chi connectivity index (χ2n) is 5.31. The molecule has 1 aromatic carbocycles. The molecule has 1 aliphatic heterocycles. The Hall–Kier alpha value is -1.96. The van der Waals surface area contributed by atoms with E-state index in [0.29, 0.717) is 13.0 Å². The fourth-order valence-electron chi connectivity index (χ4n) is 2.52. The van der Waals surface area contributed by atoms with Crippen LogP contribution in [0.4, 0.5) is 0 Å². The number of aromatic nitrogens is 3. The highest BCUT2D eigenvalue weighted by molar-refractivity contribution is 7.91. The quantitative estimate of drug-likeness (QED) is 0.857. The van der Waals surface area contributed by atoms with E-state index in [0.717, 1.165) is 11.0 Å². The van der Waals surface area contributed by atoms with Gasteiger partial charge in [-0.05, 0) is 24.5 Å². The van der Waals surface area contributed by atoms with Crippen LogP contribution >= 0.6 is 0 Å². The second kappa shape index (κ2) is 5.44. The molecule has 2 heterocycles. The van der Waals surface area contributed by atoms with E-state index < -0.39 is 9.84 Å². The normalized spacial score (nSPS) is 20.7. The van der Waals surface area contributed by atoms with Gasteiger partial charge in [-0.15, -0.1) is 5.10 Å². The average Bonchev–Trinajstić information content (AvgIpc) is 3.01. The first-order valence-corrected chi connectivity index (χ1v) is 8.61. The number of carbonyl (C=O) groups excluding carboxylic acids is 1. The number of carbonyl (C=O) groups is 1. The maximum absolute atomic E-state index is 11.9. The molecule has 1 saturated heterocycles. The summed E-state index contributed by atoms with van der Waals surface area (Å²) in [7, 11) is -2.90. The fraction of sp³-hybridized carbons (Fsp3) is 0.462. The van der Waals surface area contributed by atoms with Crippen molar-refractivity contribution in [1.29, 1.82) is 0 Å². The third-order valence-electron chi connectivity index (χ3n) is 3.63. The van der Waals surface area contributed by atoms with E-state index in [1.165, 1.54) is 4.68 Å². The van der Waals surface area contributed by atoms with Crippen LogP contribution in [0.15, 0.2) is 24.3 Å². The van der Waals surface area contributed by atoms with Crippen molar-refractivity contribution in [3.8, 4) is 0 Å². The molecule has 1 N–H and O–H groups in total. The van der Waals surface area contributed by atoms with Gasteiger partial charge in [-0.3, -0.25) is 4.79 Å². The summed E-state index contributed by atoms with van der Waals surface area (Å²) in [5.41, 5.74) is 1.54. The van der Waals surface area contributed by atoms with Crippen LogP contribution in [-0.2, 0) is 21.2 Å². The van der Waals surface area contributed by atoms with E-state index in [1.807, 2.05) is 24.3 Å². The molecule has 2 aromatic rings. The molecular weight excluding hydrogens is 292 g/mol. The summed E-state index contributed by atoms with van der Waals surface area (Å²) < 4.78 is 24.2. The van der Waals surface area contributed by atoms with Crippen molar-refractivity contribution < 1.29 is 13.2 Å². The molecule has 0 saturated carbocycles. The van der Waals surface area contributed by atoms with E-state index in [-0.39, 0.29) is 29.9 Å². The lowest BCUT2D eigenvalue weighted by atomic mass is 10.1. The smallest absolute Gasteiger partial charge is 0.241 e. The third-order valence-corrected chi connectivity index (χ3v) is 5.47. The van der Waals surface area contributed by atoms with Crippen molar-refractivity contribution in [2.24, 2.45) is 5.92 Å². The lowest BCUT2D eigenvalue weighted by Gasteiger charge is -2.09. The molecule has 1 amide bonds. The van der Waals surface area contributed by atoms with Gasteiger partial charge in [0.15, 0.2) is 9.84 Å². The van der Waals surface area contributed by atoms with Crippen molar-refractivity contribution in [3.05, 3.63) is 24.3 Å². The van der Waals surface area contributed by atoms with Gasteiger partial charge in [0.25, 0.3) is 0 Å². The summed E-state index contributed by atoms with van der Waals surface area (Å²) in [6, 6.07) is 7.41. The van der Waals surface area contributed by atoms with E-state index in [2.05, 4.69) is 15.6 Å². The van der Waals surface area contributed by atoms with Crippen molar-refractivity contribution in [1.82, 2.24) is 20.3 Å². The molecule has 7 nitrogen and oxygen atoms in total. The summed E-state index contributed by atoms with van der Waals surface area (Å²) in [6.07, 6.45) is 0.620. The number of benzene rings is 1. The maximum Gasteiger partial charge on any atom is 0.241 e. The zero-order chi connectivity index (χ0) is 14.9. The Kier molecular flexibility index (Phi) is 3.62. The fourth-order valence-corrected chi connectivity index (χ4v) is 4.38. The summed E-state index contributed by atoms with van der Waals surface area (Å²) in [5.74, 6) is 0.224. The zero-order valence-corrected chi connectivity index (χ0v) is 12.2. The molecule has 1 fully saturated rings. The SMILES string of the molecule is O=C(Cn1nnc2ccccc21)NCC1CCS(=O)(=O)C1. The number of para-hydroxylation sites is 1. The minimum Gasteiger partial charge on any atom is -0.354 e. The number of nitrogens with one attached hydrogen (secondary N) is 1. The number of hydrogen-bond donors (Lipinski definition) is 1. The lowest BCUT2D eigenvalue weighted by molar-refractivity contribution is -0.121. The molecule has 112 valence electrons. The van der Waals surface area contributed by atoms with Gasteiger partial charge in [-0.1, -0.05) is 17.3 Å². The highest BCUT2D eigenvalue weighted by atomic mass is 32.2. The van der Waals surface area contributed by atoms with Gasteiger partial charge in [0.1, 0.15) is 12.1 Å². The van der Waals surface area contributed by atoms with Crippen LogP contribution in [0, 0.1) is 5.92 Å². The summed E-state index contributed by atoms with van der Waals surface area (Å²) in [5, 5.41) is 10.7. The Morgan fingerprint density at radius 2 is 2.19 bits per heavy atom. The van der Waals surface area contributed by atoms with E-state index in [4.69, 9.17) is 0 Å². The first-order chi connectivity index (χ1) is 10.0. The standard InChI is InChI=1S/C13H16N4O3S/c18-13(14-7-10-5-6-21(19,20)9-10)8-17-12-4-2-1-3-11(12)15-16-17/h1-4,10H,5-9H2,(H,14,18). The van der Waals surface area contributed by atoms with Gasteiger partial charge >= 0.3 is 0 Å². The molecule has 1 aromatic heterocycles. The van der Waals surface area contributed by atoms with E-state index >= 15 is 0 Å². The van der Waals surface area contributed by atoms with Crippen LogP contribution in [0.5, 0.6) is 0 Å². The van der Waals surface area contributed by atoms with Gasteiger partial charge in [-0.25, -0.2) is 13.1 Å². The van der Waals surface area contributed by atoms with Gasteiger partial charge in [-0.2, -0.15) is 0 Å². The van der Waals surface area contributed by atoms with Crippen molar-refractivity contribution in [3.63, 3.8) is 0 Å². The molecule has 0 radical (unpaired) electrons. The molecular formula is C13H16N4O3S. The largest absolute Gasteiger partial charge is 0.354 e. The predicted molar refractivity (Wildman–Crippen MR) is 77.3 cm³/mol. The van der Waals surface area contributed by atoms with Crippen LogP contribution < -0.4 is 5.32 Å². The van der Waals surface area contributed by atoms with E-state index in [9.17, 15) is 13.2 Å².